The van der Waals surface area contributed by atoms with Crippen molar-refractivity contribution in [1.82, 2.24) is 0 Å². The van der Waals surface area contributed by atoms with Crippen LogP contribution in [-0.2, 0) is 0 Å². The Morgan fingerprint density at radius 1 is 0.565 bits per heavy atom. The highest BCUT2D eigenvalue weighted by Crippen LogP contribution is 2.36. The maximum Gasteiger partial charge on any atom is 0.194 e. The van der Waals surface area contributed by atoms with Gasteiger partial charge in [0.25, 0.3) is 0 Å². The van der Waals surface area contributed by atoms with Gasteiger partial charge in [-0.2, -0.15) is 5.26 Å². The van der Waals surface area contributed by atoms with Crippen molar-refractivity contribution in [3.63, 3.8) is 0 Å². The quantitative estimate of drug-likeness (QED) is 0.131. The summed E-state index contributed by atoms with van der Waals surface area (Å²) in [5.74, 6) is 0. The van der Waals surface area contributed by atoms with E-state index in [9.17, 15) is 5.26 Å². The second-order valence-electron chi connectivity index (χ2n) is 11.0. The molecule has 0 N–H and O–H groups in total. The van der Waals surface area contributed by atoms with Crippen LogP contribution in [0.2, 0.25) is 0 Å². The van der Waals surface area contributed by atoms with Crippen LogP contribution < -0.4 is 4.90 Å². The van der Waals surface area contributed by atoms with Gasteiger partial charge in [0.2, 0.25) is 0 Å². The lowest BCUT2D eigenvalue weighted by molar-refractivity contribution is 1.28. The van der Waals surface area contributed by atoms with Crippen molar-refractivity contribution < 1.29 is 0 Å². The summed E-state index contributed by atoms with van der Waals surface area (Å²) in [5.41, 5.74) is 11.2. The van der Waals surface area contributed by atoms with Crippen LogP contribution in [0.15, 0.2) is 146 Å². The molecule has 0 amide bonds. The summed E-state index contributed by atoms with van der Waals surface area (Å²) >= 11 is 0. The van der Waals surface area contributed by atoms with E-state index in [1.165, 1.54) is 16.7 Å². The fourth-order valence-electron chi connectivity index (χ4n) is 5.33. The first-order chi connectivity index (χ1) is 22.6. The van der Waals surface area contributed by atoms with Gasteiger partial charge in [-0.15, -0.1) is 0 Å². The summed E-state index contributed by atoms with van der Waals surface area (Å²) < 4.78 is 0. The van der Waals surface area contributed by atoms with E-state index in [0.717, 1.165) is 33.8 Å². The van der Waals surface area contributed by atoms with Gasteiger partial charge in [-0.1, -0.05) is 127 Å². The maximum absolute atomic E-state index is 9.88. The van der Waals surface area contributed by atoms with Gasteiger partial charge in [-0.25, -0.2) is 4.85 Å². The number of para-hydroxylation sites is 1. The molecular formula is C43H31N3. The van der Waals surface area contributed by atoms with Gasteiger partial charge in [0.1, 0.15) is 0 Å². The SMILES string of the molecule is [C-]#[N+]c1cc(/C=C\c2ccc(C)cc2)c(C#N)cc1/C=C\c1ccc(N(c2ccccc2)c2ccc(-c3ccccc3)cc2)cc1. The fraction of sp³-hybridized carbons (Fsp3) is 0.0233. The Hall–Kier alpha value is -6.42. The molecule has 3 heteroatoms. The van der Waals surface area contributed by atoms with Gasteiger partial charge in [0.05, 0.1) is 18.2 Å². The second-order valence-corrected chi connectivity index (χ2v) is 11.0. The van der Waals surface area contributed by atoms with Crippen molar-refractivity contribution in [2.75, 3.05) is 4.90 Å². The minimum atomic E-state index is 0.504. The Morgan fingerprint density at radius 3 is 1.65 bits per heavy atom. The topological polar surface area (TPSA) is 31.4 Å². The second kappa shape index (κ2) is 13.9. The Kier molecular flexibility index (Phi) is 8.97. The van der Waals surface area contributed by atoms with Gasteiger partial charge in [0.15, 0.2) is 5.69 Å². The number of hydrogen-bond donors (Lipinski definition) is 0. The van der Waals surface area contributed by atoms with Gasteiger partial charge in [-0.05, 0) is 88.8 Å². The molecule has 46 heavy (non-hydrogen) atoms. The highest BCUT2D eigenvalue weighted by Gasteiger charge is 2.13. The Bertz CT molecular complexity index is 2080. The molecule has 0 heterocycles. The molecule has 0 aromatic heterocycles. The van der Waals surface area contributed by atoms with E-state index in [0.29, 0.717) is 16.8 Å². The zero-order valence-electron chi connectivity index (χ0n) is 25.5. The third kappa shape index (κ3) is 6.87. The van der Waals surface area contributed by atoms with Crippen LogP contribution in [0.25, 0.3) is 40.3 Å². The minimum Gasteiger partial charge on any atom is -0.311 e. The van der Waals surface area contributed by atoms with E-state index in [2.05, 4.69) is 120 Å². The maximum atomic E-state index is 9.88. The molecule has 0 aliphatic heterocycles. The zero-order valence-corrected chi connectivity index (χ0v) is 25.5. The van der Waals surface area contributed by atoms with Crippen molar-refractivity contribution >= 4 is 47.1 Å². The van der Waals surface area contributed by atoms with Crippen molar-refractivity contribution in [3.8, 4) is 17.2 Å². The smallest absolute Gasteiger partial charge is 0.194 e. The molecule has 6 aromatic rings. The summed E-state index contributed by atoms with van der Waals surface area (Å²) in [5, 5.41) is 9.88. The van der Waals surface area contributed by atoms with Gasteiger partial charge in [0, 0.05) is 17.1 Å². The largest absolute Gasteiger partial charge is 0.311 e. The molecular weight excluding hydrogens is 558 g/mol. The Labute approximate surface area is 271 Å². The molecule has 3 nitrogen and oxygen atoms in total. The molecule has 0 aliphatic carbocycles. The fourth-order valence-corrected chi connectivity index (χ4v) is 5.33. The van der Waals surface area contributed by atoms with Crippen LogP contribution in [0.3, 0.4) is 0 Å². The molecule has 0 saturated carbocycles. The molecule has 0 unspecified atom stereocenters. The first-order valence-electron chi connectivity index (χ1n) is 15.1. The van der Waals surface area contributed by atoms with Crippen molar-refractivity contribution in [2.45, 2.75) is 6.92 Å². The molecule has 0 bridgehead atoms. The van der Waals surface area contributed by atoms with E-state index in [-0.39, 0.29) is 0 Å². The zero-order chi connectivity index (χ0) is 31.7. The normalized spacial score (nSPS) is 10.9. The standard InChI is InChI=1S/C43H31N3/c1-32-13-15-33(16-14-32)17-21-37-30-43(45-2)38(29-39(37)31-44)22-18-34-19-25-41(26-20-34)46(40-11-7-4-8-12-40)42-27-23-36(24-28-42)35-9-5-3-6-10-35/h3-30H,1H3/b21-17-,22-18-. The van der Waals surface area contributed by atoms with Gasteiger partial charge in [-0.3, -0.25) is 0 Å². The lowest BCUT2D eigenvalue weighted by Crippen LogP contribution is -2.09. The third-order valence-electron chi connectivity index (χ3n) is 7.83. The molecule has 6 rings (SSSR count). The van der Waals surface area contributed by atoms with Crippen LogP contribution in [0.1, 0.15) is 33.4 Å². The highest BCUT2D eigenvalue weighted by molar-refractivity contribution is 5.84. The lowest BCUT2D eigenvalue weighted by atomic mass is 10.0. The Morgan fingerprint density at radius 2 is 1.07 bits per heavy atom. The van der Waals surface area contributed by atoms with Crippen LogP contribution in [0.4, 0.5) is 22.7 Å². The molecule has 218 valence electrons. The molecule has 0 radical (unpaired) electrons. The van der Waals surface area contributed by atoms with Crippen molar-refractivity contribution in [1.29, 1.82) is 5.26 Å². The summed E-state index contributed by atoms with van der Waals surface area (Å²) in [6, 6.07) is 51.8. The van der Waals surface area contributed by atoms with Gasteiger partial charge >= 0.3 is 0 Å². The average molecular weight is 590 g/mol. The molecule has 0 aliphatic rings. The molecule has 0 atom stereocenters. The molecule has 0 spiro atoms. The van der Waals surface area contributed by atoms with E-state index in [1.54, 1.807) is 12.1 Å². The predicted octanol–water partition coefficient (Wildman–Crippen LogP) is 11.9. The van der Waals surface area contributed by atoms with Crippen LogP contribution >= 0.6 is 0 Å². The molecule has 0 fully saturated rings. The van der Waals surface area contributed by atoms with E-state index in [4.69, 9.17) is 6.57 Å². The Balaban J connectivity index is 1.26. The highest BCUT2D eigenvalue weighted by atomic mass is 15.1. The number of hydrogen-bond acceptors (Lipinski definition) is 2. The number of rotatable bonds is 8. The number of aryl methyl sites for hydroxylation is 1. The summed E-state index contributed by atoms with van der Waals surface area (Å²) in [6.07, 6.45) is 7.76. The first kappa shape index (κ1) is 29.6. The average Bonchev–Trinajstić information content (AvgIpc) is 3.12. The lowest BCUT2D eigenvalue weighted by Gasteiger charge is -2.25. The predicted molar refractivity (Wildman–Crippen MR) is 193 cm³/mol. The number of nitrogens with zero attached hydrogens (tertiary/aromatic N) is 3. The van der Waals surface area contributed by atoms with Crippen LogP contribution in [0, 0.1) is 24.8 Å². The van der Waals surface area contributed by atoms with E-state index >= 15 is 0 Å². The van der Waals surface area contributed by atoms with Crippen LogP contribution in [0.5, 0.6) is 0 Å². The minimum absolute atomic E-state index is 0.504. The number of nitriles is 1. The molecule has 0 saturated heterocycles. The number of anilines is 3. The van der Waals surface area contributed by atoms with E-state index < -0.39 is 0 Å². The summed E-state index contributed by atoms with van der Waals surface area (Å²) in [4.78, 5) is 6.00. The van der Waals surface area contributed by atoms with Crippen molar-refractivity contribution in [3.05, 3.63) is 190 Å². The third-order valence-corrected chi connectivity index (χ3v) is 7.83. The van der Waals surface area contributed by atoms with Gasteiger partial charge < -0.3 is 4.90 Å². The van der Waals surface area contributed by atoms with Crippen molar-refractivity contribution in [2.24, 2.45) is 0 Å². The summed E-state index contributed by atoms with van der Waals surface area (Å²) in [6.45, 7) is 9.84. The van der Waals surface area contributed by atoms with E-state index in [1.807, 2.05) is 60.7 Å². The monoisotopic (exact) mass is 589 g/mol. The molecule has 6 aromatic carbocycles. The van der Waals surface area contributed by atoms with Crippen LogP contribution in [-0.4, -0.2) is 0 Å². The summed E-state index contributed by atoms with van der Waals surface area (Å²) in [7, 11) is 0. The first-order valence-corrected chi connectivity index (χ1v) is 15.1. The number of benzene rings is 6.